The van der Waals surface area contributed by atoms with Crippen molar-refractivity contribution in [2.45, 2.75) is 43.8 Å². The van der Waals surface area contributed by atoms with Gasteiger partial charge in [-0.25, -0.2) is 9.78 Å². The van der Waals surface area contributed by atoms with Crippen molar-refractivity contribution in [1.82, 2.24) is 30.4 Å². The summed E-state index contributed by atoms with van der Waals surface area (Å²) in [6, 6.07) is -3.53. The van der Waals surface area contributed by atoms with E-state index in [1.807, 2.05) is 0 Å². The van der Waals surface area contributed by atoms with Gasteiger partial charge in [-0.3, -0.25) is 24.1 Å². The summed E-state index contributed by atoms with van der Waals surface area (Å²) in [4.78, 5) is 70.1. The molecule has 1 aromatic heterocycles. The fourth-order valence-corrected chi connectivity index (χ4v) is 3.50. The Kier molecular flexibility index (Phi) is 12.5. The Morgan fingerprint density at radius 3 is 2.45 bits per heavy atom. The third kappa shape index (κ3) is 6.94. The van der Waals surface area contributed by atoms with E-state index in [4.69, 9.17) is 5.73 Å². The fraction of sp³-hybridized carbons (Fsp3) is 0.529. The number of aromatic nitrogens is 2. The topological polar surface area (TPSA) is 297 Å². The summed E-state index contributed by atoms with van der Waals surface area (Å²) in [5, 5.41) is 5.03. The lowest BCUT2D eigenvalue weighted by atomic mass is 10.1. The van der Waals surface area contributed by atoms with Crippen molar-refractivity contribution >= 4 is 29.7 Å². The van der Waals surface area contributed by atoms with Gasteiger partial charge in [-0.2, -0.15) is 0 Å². The summed E-state index contributed by atoms with van der Waals surface area (Å²) in [7, 11) is 1.31. The second-order valence-corrected chi connectivity index (χ2v) is 7.09. The molecule has 3 rings (SSSR count). The lowest BCUT2D eigenvalue weighted by molar-refractivity contribution is -0.141. The van der Waals surface area contributed by atoms with Crippen molar-refractivity contribution in [3.63, 3.8) is 0 Å². The quantitative estimate of drug-likeness (QED) is 0.309. The molecule has 0 aromatic carbocycles. The van der Waals surface area contributed by atoms with E-state index in [0.29, 0.717) is 25.1 Å². The second kappa shape index (κ2) is 13.1. The molecule has 2 aliphatic heterocycles. The third-order valence-corrected chi connectivity index (χ3v) is 5.13. The highest BCUT2D eigenvalue weighted by molar-refractivity contribution is 6.03. The maximum absolute atomic E-state index is 13.1. The van der Waals surface area contributed by atoms with Crippen LogP contribution in [0.25, 0.3) is 0 Å². The number of nitrogens with one attached hydrogen (secondary N) is 3. The number of carbonyl (C=O) groups is 5. The van der Waals surface area contributed by atoms with Gasteiger partial charge in [0.15, 0.2) is 0 Å². The predicted molar refractivity (Wildman–Crippen MR) is 112 cm³/mol. The Morgan fingerprint density at radius 1 is 1.24 bits per heavy atom. The van der Waals surface area contributed by atoms with Crippen molar-refractivity contribution in [3.05, 3.63) is 18.2 Å². The number of hydrogen-bond donors (Lipinski definition) is 4. The zero-order chi connectivity index (χ0) is 21.1. The molecule has 3 atom stereocenters. The average molecular weight is 477 g/mol. The van der Waals surface area contributed by atoms with Crippen LogP contribution in [0.4, 0.5) is 4.79 Å². The van der Waals surface area contributed by atoms with Crippen LogP contribution in [-0.4, -0.2) is 103 Å². The zero-order valence-electron chi connectivity index (χ0n) is 17.9. The monoisotopic (exact) mass is 477 g/mol. The van der Waals surface area contributed by atoms with E-state index in [1.54, 1.807) is 0 Å². The Morgan fingerprint density at radius 2 is 1.91 bits per heavy atom. The molecule has 13 N–H and O–H groups in total. The van der Waals surface area contributed by atoms with Crippen molar-refractivity contribution in [2.24, 2.45) is 5.73 Å². The minimum absolute atomic E-state index is 0. The Bertz CT molecular complexity index is 815. The molecule has 0 saturated carbocycles. The standard InChI is InChI=1S/C17H23N7O5.4H2O/c1-23-13(25)6-10(22-17(23)29)15(27)21-11(5-9-7-19-8-20-9)16(28)24-4-2-3-12(24)14(18)26;;;;/h7-8,10-12H,2-6H2,1H3,(H2,18,26)(H,19,20)(H,21,27)(H,22,29);4*1H2. The molecule has 0 bridgehead atoms. The van der Waals surface area contributed by atoms with Crippen LogP contribution < -0.4 is 16.4 Å². The number of likely N-dealkylation sites (tertiary alicyclic amines) is 1. The number of amides is 6. The first-order valence-electron chi connectivity index (χ1n) is 9.22. The van der Waals surface area contributed by atoms with Crippen molar-refractivity contribution < 1.29 is 45.9 Å². The summed E-state index contributed by atoms with van der Waals surface area (Å²) < 4.78 is 0. The smallest absolute Gasteiger partial charge is 0.324 e. The van der Waals surface area contributed by atoms with E-state index >= 15 is 0 Å². The average Bonchev–Trinajstić information content (AvgIpc) is 3.36. The summed E-state index contributed by atoms with van der Waals surface area (Å²) in [5.41, 5.74) is 6.00. The third-order valence-electron chi connectivity index (χ3n) is 5.13. The van der Waals surface area contributed by atoms with E-state index in [2.05, 4.69) is 20.6 Å². The maximum Gasteiger partial charge on any atom is 0.324 e. The van der Waals surface area contributed by atoms with Gasteiger partial charge in [0.2, 0.25) is 23.6 Å². The summed E-state index contributed by atoms with van der Waals surface area (Å²) in [6.45, 7) is 0.352. The molecule has 16 nitrogen and oxygen atoms in total. The minimum Gasteiger partial charge on any atom is -0.412 e. The number of H-pyrrole nitrogens is 1. The molecule has 0 spiro atoms. The number of imide groups is 1. The Hall–Kier alpha value is -3.60. The molecule has 188 valence electrons. The first-order valence-corrected chi connectivity index (χ1v) is 9.22. The number of nitrogens with zero attached hydrogens (tertiary/aromatic N) is 3. The SMILES string of the molecule is CN1C(=O)CC(C(=O)NC(Cc2cnc[nH]2)C(=O)N2CCCC2C(N)=O)NC1=O.O.O.O.O. The van der Waals surface area contributed by atoms with Gasteiger partial charge in [0.25, 0.3) is 0 Å². The number of aromatic amines is 1. The van der Waals surface area contributed by atoms with Crippen molar-refractivity contribution in [1.29, 1.82) is 0 Å². The Labute approximate surface area is 188 Å². The number of imidazole rings is 1. The first kappa shape index (κ1) is 31.6. The van der Waals surface area contributed by atoms with Crippen LogP contribution in [0.15, 0.2) is 12.5 Å². The molecule has 0 aliphatic carbocycles. The van der Waals surface area contributed by atoms with Gasteiger partial charge >= 0.3 is 6.03 Å². The number of primary amides is 1. The molecule has 3 heterocycles. The second-order valence-electron chi connectivity index (χ2n) is 7.09. The minimum atomic E-state index is -1.09. The summed E-state index contributed by atoms with van der Waals surface area (Å²) >= 11 is 0. The van der Waals surface area contributed by atoms with E-state index in [-0.39, 0.29) is 34.7 Å². The van der Waals surface area contributed by atoms with Crippen LogP contribution in [0.2, 0.25) is 0 Å². The highest BCUT2D eigenvalue weighted by atomic mass is 16.2. The maximum atomic E-state index is 13.1. The molecule has 6 amide bonds. The highest BCUT2D eigenvalue weighted by Gasteiger charge is 2.39. The summed E-state index contributed by atoms with van der Waals surface area (Å²) in [5.74, 6) is -2.22. The van der Waals surface area contributed by atoms with Gasteiger partial charge in [0.1, 0.15) is 18.1 Å². The number of hydrogen-bond acceptors (Lipinski definition) is 6. The normalized spacial score (nSPS) is 20.2. The molecule has 2 aliphatic rings. The number of carbonyl (C=O) groups excluding carboxylic acids is 5. The molecule has 16 heteroatoms. The van der Waals surface area contributed by atoms with Crippen LogP contribution in [0.3, 0.4) is 0 Å². The number of urea groups is 1. The molecule has 3 unspecified atom stereocenters. The molecular formula is C17H31N7O9. The molecule has 1 aromatic rings. The van der Waals surface area contributed by atoms with E-state index in [9.17, 15) is 24.0 Å². The van der Waals surface area contributed by atoms with Crippen LogP contribution in [0.5, 0.6) is 0 Å². The van der Waals surface area contributed by atoms with Gasteiger partial charge in [0.05, 0.1) is 12.7 Å². The Balaban J connectivity index is 0. The molecule has 33 heavy (non-hydrogen) atoms. The predicted octanol–water partition coefficient (Wildman–Crippen LogP) is -5.45. The van der Waals surface area contributed by atoms with Crippen molar-refractivity contribution in [3.8, 4) is 0 Å². The summed E-state index contributed by atoms with van der Waals surface area (Å²) in [6.07, 6.45) is 3.93. The van der Waals surface area contributed by atoms with E-state index in [1.165, 1.54) is 24.5 Å². The lowest BCUT2D eigenvalue weighted by Gasteiger charge is -2.31. The van der Waals surface area contributed by atoms with Crippen LogP contribution in [0.1, 0.15) is 25.0 Å². The number of rotatable bonds is 6. The number of nitrogens with two attached hydrogens (primary N) is 1. The molecule has 2 fully saturated rings. The van der Waals surface area contributed by atoms with Gasteiger partial charge in [0, 0.05) is 31.9 Å². The van der Waals surface area contributed by atoms with Gasteiger partial charge in [-0.1, -0.05) is 0 Å². The van der Waals surface area contributed by atoms with Crippen LogP contribution >= 0.6 is 0 Å². The van der Waals surface area contributed by atoms with Crippen LogP contribution in [-0.2, 0) is 25.6 Å². The first-order chi connectivity index (χ1) is 13.8. The van der Waals surface area contributed by atoms with Crippen LogP contribution in [0, 0.1) is 0 Å². The highest BCUT2D eigenvalue weighted by Crippen LogP contribution is 2.19. The lowest BCUT2D eigenvalue weighted by Crippen LogP contribution is -2.61. The van der Waals surface area contributed by atoms with Gasteiger partial charge < -0.3 is 48.2 Å². The molecule has 2 saturated heterocycles. The molecular weight excluding hydrogens is 446 g/mol. The zero-order valence-corrected chi connectivity index (χ0v) is 17.9. The van der Waals surface area contributed by atoms with Gasteiger partial charge in [-0.15, -0.1) is 0 Å². The van der Waals surface area contributed by atoms with E-state index in [0.717, 1.165) is 4.90 Å². The van der Waals surface area contributed by atoms with Gasteiger partial charge in [-0.05, 0) is 12.8 Å². The molecule has 0 radical (unpaired) electrons. The largest absolute Gasteiger partial charge is 0.412 e. The fourth-order valence-electron chi connectivity index (χ4n) is 3.50. The van der Waals surface area contributed by atoms with Crippen molar-refractivity contribution in [2.75, 3.05) is 13.6 Å². The van der Waals surface area contributed by atoms with E-state index < -0.39 is 47.8 Å².